The molecular formula is C11H25NS. The van der Waals surface area contributed by atoms with Gasteiger partial charge in [0.1, 0.15) is 0 Å². The van der Waals surface area contributed by atoms with Crippen molar-refractivity contribution < 1.29 is 0 Å². The first-order chi connectivity index (χ1) is 6.12. The van der Waals surface area contributed by atoms with Crippen molar-refractivity contribution in [1.82, 2.24) is 5.32 Å². The fourth-order valence-electron chi connectivity index (χ4n) is 1.14. The first kappa shape index (κ1) is 13.3. The molecule has 0 spiro atoms. The van der Waals surface area contributed by atoms with Crippen LogP contribution in [0.15, 0.2) is 0 Å². The van der Waals surface area contributed by atoms with Crippen molar-refractivity contribution in [1.29, 1.82) is 0 Å². The third-order valence-corrected chi connectivity index (χ3v) is 3.56. The molecule has 0 fully saturated rings. The Morgan fingerprint density at radius 2 is 1.85 bits per heavy atom. The Morgan fingerprint density at radius 1 is 1.15 bits per heavy atom. The highest BCUT2D eigenvalue weighted by atomic mass is 32.2. The molecule has 0 aromatic rings. The van der Waals surface area contributed by atoms with E-state index in [0.717, 1.165) is 6.54 Å². The number of rotatable bonds is 8. The fourth-order valence-corrected chi connectivity index (χ4v) is 1.38. The highest BCUT2D eigenvalue weighted by Gasteiger charge is 2.14. The zero-order valence-corrected chi connectivity index (χ0v) is 10.5. The minimum atomic E-state index is 0.394. The highest BCUT2D eigenvalue weighted by molar-refractivity contribution is 7.99. The predicted molar refractivity (Wildman–Crippen MR) is 64.6 cm³/mol. The summed E-state index contributed by atoms with van der Waals surface area (Å²) < 4.78 is 0.394. The van der Waals surface area contributed by atoms with Crippen LogP contribution in [0.2, 0.25) is 0 Å². The van der Waals surface area contributed by atoms with Crippen molar-refractivity contribution in [3.63, 3.8) is 0 Å². The maximum atomic E-state index is 3.51. The summed E-state index contributed by atoms with van der Waals surface area (Å²) in [5, 5.41) is 3.51. The molecule has 0 aliphatic heterocycles. The van der Waals surface area contributed by atoms with Gasteiger partial charge in [-0.3, -0.25) is 0 Å². The van der Waals surface area contributed by atoms with Crippen molar-refractivity contribution in [3.8, 4) is 0 Å². The Labute approximate surface area is 88.1 Å². The van der Waals surface area contributed by atoms with Crippen LogP contribution in [0.5, 0.6) is 0 Å². The van der Waals surface area contributed by atoms with Gasteiger partial charge in [0.2, 0.25) is 0 Å². The maximum absolute atomic E-state index is 3.51. The van der Waals surface area contributed by atoms with E-state index in [2.05, 4.69) is 32.3 Å². The molecule has 0 saturated heterocycles. The maximum Gasteiger partial charge on any atom is 0.0225 e. The Hall–Kier alpha value is 0.310. The van der Waals surface area contributed by atoms with Gasteiger partial charge in [-0.15, -0.1) is 0 Å². The SMILES string of the molecule is CCCCCCNCC(C)(C)SC. The summed E-state index contributed by atoms with van der Waals surface area (Å²) in [6.07, 6.45) is 7.60. The third-order valence-electron chi connectivity index (χ3n) is 2.31. The van der Waals surface area contributed by atoms with Crippen LogP contribution in [0.1, 0.15) is 46.5 Å². The van der Waals surface area contributed by atoms with E-state index in [1.54, 1.807) is 0 Å². The van der Waals surface area contributed by atoms with Crippen molar-refractivity contribution >= 4 is 11.8 Å². The van der Waals surface area contributed by atoms with Crippen molar-refractivity contribution in [2.24, 2.45) is 0 Å². The average Bonchev–Trinajstić information content (AvgIpc) is 2.11. The van der Waals surface area contributed by atoms with Crippen molar-refractivity contribution in [2.45, 2.75) is 51.2 Å². The summed E-state index contributed by atoms with van der Waals surface area (Å²) in [6.45, 7) is 9.14. The largest absolute Gasteiger partial charge is 0.315 e. The van der Waals surface area contributed by atoms with Crippen LogP contribution in [0.3, 0.4) is 0 Å². The van der Waals surface area contributed by atoms with Gasteiger partial charge >= 0.3 is 0 Å². The summed E-state index contributed by atoms with van der Waals surface area (Å²) in [4.78, 5) is 0. The molecule has 0 aromatic heterocycles. The number of hydrogen-bond donors (Lipinski definition) is 1. The van der Waals surface area contributed by atoms with Gasteiger partial charge in [0.25, 0.3) is 0 Å². The van der Waals surface area contributed by atoms with Crippen LogP contribution in [-0.2, 0) is 0 Å². The Morgan fingerprint density at radius 3 is 2.38 bits per heavy atom. The summed E-state index contributed by atoms with van der Waals surface area (Å²) >= 11 is 1.93. The van der Waals surface area contributed by atoms with Crippen LogP contribution < -0.4 is 5.32 Å². The summed E-state index contributed by atoms with van der Waals surface area (Å²) in [5.74, 6) is 0. The lowest BCUT2D eigenvalue weighted by atomic mass is 10.2. The molecule has 0 rings (SSSR count). The van der Waals surface area contributed by atoms with Gasteiger partial charge in [0.05, 0.1) is 0 Å². The molecule has 1 nitrogen and oxygen atoms in total. The first-order valence-electron chi connectivity index (χ1n) is 5.38. The lowest BCUT2D eigenvalue weighted by Gasteiger charge is -2.22. The Kier molecular flexibility index (Phi) is 7.87. The first-order valence-corrected chi connectivity index (χ1v) is 6.60. The smallest absolute Gasteiger partial charge is 0.0225 e. The molecule has 0 aliphatic rings. The molecule has 0 aromatic carbocycles. The van der Waals surface area contributed by atoms with Crippen molar-refractivity contribution in [2.75, 3.05) is 19.3 Å². The Balaban J connectivity index is 3.16. The van der Waals surface area contributed by atoms with Crippen molar-refractivity contribution in [3.05, 3.63) is 0 Å². The molecule has 0 amide bonds. The summed E-state index contributed by atoms with van der Waals surface area (Å²) in [7, 11) is 0. The zero-order valence-electron chi connectivity index (χ0n) is 9.65. The molecule has 0 saturated carbocycles. The van der Waals surface area contributed by atoms with Crippen LogP contribution in [-0.4, -0.2) is 24.1 Å². The average molecular weight is 203 g/mol. The van der Waals surface area contributed by atoms with Gasteiger partial charge in [-0.25, -0.2) is 0 Å². The summed E-state index contributed by atoms with van der Waals surface area (Å²) in [5.41, 5.74) is 0. The molecular weight excluding hydrogens is 178 g/mol. The molecule has 0 unspecified atom stereocenters. The topological polar surface area (TPSA) is 12.0 Å². The van der Waals surface area contributed by atoms with E-state index in [9.17, 15) is 0 Å². The lowest BCUT2D eigenvalue weighted by Crippen LogP contribution is -2.32. The minimum Gasteiger partial charge on any atom is -0.315 e. The molecule has 13 heavy (non-hydrogen) atoms. The van der Waals surface area contributed by atoms with E-state index >= 15 is 0 Å². The van der Waals surface area contributed by atoms with Gasteiger partial charge in [0.15, 0.2) is 0 Å². The van der Waals surface area contributed by atoms with Gasteiger partial charge in [-0.2, -0.15) is 11.8 Å². The fraction of sp³-hybridized carbons (Fsp3) is 1.00. The van der Waals surface area contributed by atoms with Gasteiger partial charge < -0.3 is 5.32 Å². The van der Waals surface area contributed by atoms with Crippen LogP contribution >= 0.6 is 11.8 Å². The number of hydrogen-bond acceptors (Lipinski definition) is 2. The van der Waals surface area contributed by atoms with Crippen LogP contribution in [0.4, 0.5) is 0 Å². The zero-order chi connectivity index (χ0) is 10.2. The number of thioether (sulfide) groups is 1. The predicted octanol–water partition coefficient (Wildman–Crippen LogP) is 3.30. The molecule has 0 bridgehead atoms. The second-order valence-electron chi connectivity index (χ2n) is 4.20. The second-order valence-corrected chi connectivity index (χ2v) is 5.71. The van der Waals surface area contributed by atoms with E-state index in [1.165, 1.54) is 32.2 Å². The monoisotopic (exact) mass is 203 g/mol. The number of nitrogens with one attached hydrogen (secondary N) is 1. The van der Waals surface area contributed by atoms with E-state index < -0.39 is 0 Å². The second kappa shape index (κ2) is 7.69. The Bertz CT molecular complexity index is 113. The highest BCUT2D eigenvalue weighted by Crippen LogP contribution is 2.19. The van der Waals surface area contributed by atoms with Gasteiger partial charge in [-0.05, 0) is 33.1 Å². The normalized spacial score (nSPS) is 12.0. The lowest BCUT2D eigenvalue weighted by molar-refractivity contribution is 0.555. The standard InChI is InChI=1S/C11H25NS/c1-5-6-7-8-9-12-10-11(2,3)13-4/h12H,5-10H2,1-4H3. The molecule has 0 heterocycles. The van der Waals surface area contributed by atoms with Crippen LogP contribution in [0.25, 0.3) is 0 Å². The molecule has 0 radical (unpaired) electrons. The van der Waals surface area contributed by atoms with E-state index in [-0.39, 0.29) is 0 Å². The van der Waals surface area contributed by atoms with Crippen LogP contribution in [0, 0.1) is 0 Å². The van der Waals surface area contributed by atoms with Gasteiger partial charge in [-0.1, -0.05) is 26.2 Å². The number of unbranched alkanes of at least 4 members (excludes halogenated alkanes) is 3. The molecule has 2 heteroatoms. The molecule has 80 valence electrons. The minimum absolute atomic E-state index is 0.394. The molecule has 0 atom stereocenters. The quantitative estimate of drug-likeness (QED) is 0.608. The third kappa shape index (κ3) is 8.63. The van der Waals surface area contributed by atoms with E-state index in [1.807, 2.05) is 11.8 Å². The summed E-state index contributed by atoms with van der Waals surface area (Å²) in [6, 6.07) is 0. The molecule has 0 aliphatic carbocycles. The van der Waals surface area contributed by atoms with E-state index in [0.29, 0.717) is 4.75 Å². The van der Waals surface area contributed by atoms with E-state index in [4.69, 9.17) is 0 Å². The van der Waals surface area contributed by atoms with Gasteiger partial charge in [0, 0.05) is 11.3 Å². The molecule has 1 N–H and O–H groups in total.